The second-order valence-electron chi connectivity index (χ2n) is 6.83. The molecule has 0 radical (unpaired) electrons. The summed E-state index contributed by atoms with van der Waals surface area (Å²) in [6.07, 6.45) is 2.81. The smallest absolute Gasteiger partial charge is 0.223 e. The van der Waals surface area contributed by atoms with Gasteiger partial charge in [-0.2, -0.15) is 0 Å². The SMILES string of the molecule is CC(=O)N(CCC(=O)NCC(C)C)c1ccc(N2CCCC2)cc1. The third-order valence-corrected chi connectivity index (χ3v) is 4.28. The highest BCUT2D eigenvalue weighted by atomic mass is 16.2. The minimum Gasteiger partial charge on any atom is -0.372 e. The van der Waals surface area contributed by atoms with Gasteiger partial charge in [0.05, 0.1) is 0 Å². The van der Waals surface area contributed by atoms with Crippen LogP contribution in [0.1, 0.15) is 40.0 Å². The predicted molar refractivity (Wildman–Crippen MR) is 98.4 cm³/mol. The normalized spacial score (nSPS) is 14.1. The molecule has 0 bridgehead atoms. The average molecular weight is 331 g/mol. The fraction of sp³-hybridized carbons (Fsp3) is 0.579. The van der Waals surface area contributed by atoms with Gasteiger partial charge in [-0.05, 0) is 43.0 Å². The standard InChI is InChI=1S/C19H29N3O2/c1-15(2)14-20-19(24)10-13-22(16(3)23)18-8-6-17(7-9-18)21-11-4-5-12-21/h6-9,15H,4-5,10-14H2,1-3H3,(H,20,24). The Bertz CT molecular complexity index is 548. The van der Waals surface area contributed by atoms with E-state index in [1.54, 1.807) is 11.8 Å². The Morgan fingerprint density at radius 3 is 2.33 bits per heavy atom. The Hall–Kier alpha value is -2.04. The van der Waals surface area contributed by atoms with Gasteiger partial charge in [-0.25, -0.2) is 0 Å². The van der Waals surface area contributed by atoms with Crippen molar-refractivity contribution in [1.82, 2.24) is 5.32 Å². The summed E-state index contributed by atoms with van der Waals surface area (Å²) in [5.41, 5.74) is 2.05. The van der Waals surface area contributed by atoms with Crippen LogP contribution in [0.3, 0.4) is 0 Å². The van der Waals surface area contributed by atoms with Crippen molar-refractivity contribution in [2.45, 2.75) is 40.0 Å². The van der Waals surface area contributed by atoms with E-state index in [2.05, 4.69) is 36.2 Å². The zero-order valence-electron chi connectivity index (χ0n) is 15.0. The third-order valence-electron chi connectivity index (χ3n) is 4.28. The van der Waals surface area contributed by atoms with Gasteiger partial charge in [-0.15, -0.1) is 0 Å². The maximum Gasteiger partial charge on any atom is 0.223 e. The van der Waals surface area contributed by atoms with Crippen molar-refractivity contribution in [2.24, 2.45) is 5.92 Å². The van der Waals surface area contributed by atoms with E-state index < -0.39 is 0 Å². The molecule has 0 aromatic heterocycles. The summed E-state index contributed by atoms with van der Waals surface area (Å²) in [7, 11) is 0. The highest BCUT2D eigenvalue weighted by Gasteiger charge is 2.16. The van der Waals surface area contributed by atoms with E-state index in [1.807, 2.05) is 12.1 Å². The maximum absolute atomic E-state index is 11.9. The van der Waals surface area contributed by atoms with E-state index in [4.69, 9.17) is 0 Å². The molecule has 1 fully saturated rings. The van der Waals surface area contributed by atoms with Crippen LogP contribution in [0.2, 0.25) is 0 Å². The van der Waals surface area contributed by atoms with Gasteiger partial charge in [-0.3, -0.25) is 9.59 Å². The van der Waals surface area contributed by atoms with Crippen molar-refractivity contribution in [3.05, 3.63) is 24.3 Å². The van der Waals surface area contributed by atoms with E-state index in [1.165, 1.54) is 18.5 Å². The number of amides is 2. The molecule has 1 aliphatic heterocycles. The van der Waals surface area contributed by atoms with Gasteiger partial charge in [-0.1, -0.05) is 13.8 Å². The first-order valence-corrected chi connectivity index (χ1v) is 8.87. The van der Waals surface area contributed by atoms with Crippen molar-refractivity contribution in [3.8, 4) is 0 Å². The lowest BCUT2D eigenvalue weighted by molar-refractivity contribution is -0.121. The molecular formula is C19H29N3O2. The van der Waals surface area contributed by atoms with Crippen molar-refractivity contribution < 1.29 is 9.59 Å². The first-order valence-electron chi connectivity index (χ1n) is 8.87. The molecule has 2 amide bonds. The molecule has 132 valence electrons. The summed E-state index contributed by atoms with van der Waals surface area (Å²) in [5, 5.41) is 2.89. The lowest BCUT2D eigenvalue weighted by Crippen LogP contribution is -2.34. The molecule has 1 aliphatic rings. The van der Waals surface area contributed by atoms with Gasteiger partial charge in [0.1, 0.15) is 0 Å². The molecular weight excluding hydrogens is 302 g/mol. The van der Waals surface area contributed by atoms with Gasteiger partial charge in [0.2, 0.25) is 11.8 Å². The number of hydrogen-bond acceptors (Lipinski definition) is 3. The van der Waals surface area contributed by atoms with Crippen LogP contribution in [0.4, 0.5) is 11.4 Å². The quantitative estimate of drug-likeness (QED) is 0.836. The zero-order valence-corrected chi connectivity index (χ0v) is 15.0. The molecule has 0 spiro atoms. The Morgan fingerprint density at radius 2 is 1.79 bits per heavy atom. The molecule has 1 saturated heterocycles. The van der Waals surface area contributed by atoms with Crippen LogP contribution in [-0.4, -0.2) is 38.0 Å². The number of nitrogens with one attached hydrogen (secondary N) is 1. The van der Waals surface area contributed by atoms with E-state index in [9.17, 15) is 9.59 Å². The first kappa shape index (κ1) is 18.3. The molecule has 0 aliphatic carbocycles. The van der Waals surface area contributed by atoms with Gasteiger partial charge < -0.3 is 15.1 Å². The summed E-state index contributed by atoms with van der Waals surface area (Å²) in [5.74, 6) is 0.375. The van der Waals surface area contributed by atoms with Crippen molar-refractivity contribution in [3.63, 3.8) is 0 Å². The van der Waals surface area contributed by atoms with Crippen molar-refractivity contribution in [1.29, 1.82) is 0 Å². The number of nitrogens with zero attached hydrogens (tertiary/aromatic N) is 2. The summed E-state index contributed by atoms with van der Waals surface area (Å²) < 4.78 is 0. The Morgan fingerprint density at radius 1 is 1.17 bits per heavy atom. The highest BCUT2D eigenvalue weighted by Crippen LogP contribution is 2.24. The lowest BCUT2D eigenvalue weighted by atomic mass is 10.2. The number of carbonyl (C=O) groups excluding carboxylic acids is 2. The molecule has 1 aromatic rings. The Labute approximate surface area is 145 Å². The van der Waals surface area contributed by atoms with E-state index >= 15 is 0 Å². The summed E-state index contributed by atoms with van der Waals surface area (Å²) in [6.45, 7) is 8.94. The number of hydrogen-bond donors (Lipinski definition) is 1. The molecule has 5 nitrogen and oxygen atoms in total. The number of rotatable bonds is 7. The van der Waals surface area contributed by atoms with Crippen LogP contribution in [0.25, 0.3) is 0 Å². The van der Waals surface area contributed by atoms with Crippen molar-refractivity contribution >= 4 is 23.2 Å². The van der Waals surface area contributed by atoms with Gasteiger partial charge >= 0.3 is 0 Å². The zero-order chi connectivity index (χ0) is 17.5. The molecule has 0 saturated carbocycles. The molecule has 2 rings (SSSR count). The fourth-order valence-electron chi connectivity index (χ4n) is 2.91. The highest BCUT2D eigenvalue weighted by molar-refractivity contribution is 5.92. The minimum atomic E-state index is -0.0411. The second kappa shape index (κ2) is 8.71. The molecule has 0 atom stereocenters. The molecule has 0 unspecified atom stereocenters. The van der Waals surface area contributed by atoms with Crippen LogP contribution in [0, 0.1) is 5.92 Å². The van der Waals surface area contributed by atoms with E-state index in [-0.39, 0.29) is 11.8 Å². The average Bonchev–Trinajstić information content (AvgIpc) is 3.08. The van der Waals surface area contributed by atoms with Crippen molar-refractivity contribution in [2.75, 3.05) is 36.0 Å². The van der Waals surface area contributed by atoms with Gasteiger partial charge in [0.25, 0.3) is 0 Å². The second-order valence-corrected chi connectivity index (χ2v) is 6.83. The number of benzene rings is 1. The van der Waals surface area contributed by atoms with E-state index in [0.29, 0.717) is 25.4 Å². The molecule has 5 heteroatoms. The van der Waals surface area contributed by atoms with Crippen LogP contribution in [0.5, 0.6) is 0 Å². The van der Waals surface area contributed by atoms with Crippen LogP contribution in [-0.2, 0) is 9.59 Å². The summed E-state index contributed by atoms with van der Waals surface area (Å²) >= 11 is 0. The number of anilines is 2. The Balaban J connectivity index is 1.94. The molecule has 1 N–H and O–H groups in total. The first-order chi connectivity index (χ1) is 11.5. The minimum absolute atomic E-state index is 0.0105. The predicted octanol–water partition coefficient (Wildman–Crippen LogP) is 2.80. The largest absolute Gasteiger partial charge is 0.372 e. The summed E-state index contributed by atoms with van der Waals surface area (Å²) in [4.78, 5) is 27.9. The maximum atomic E-state index is 11.9. The lowest BCUT2D eigenvalue weighted by Gasteiger charge is -2.23. The topological polar surface area (TPSA) is 52.7 Å². The van der Waals surface area contributed by atoms with Gasteiger partial charge in [0.15, 0.2) is 0 Å². The monoisotopic (exact) mass is 331 g/mol. The molecule has 24 heavy (non-hydrogen) atoms. The van der Waals surface area contributed by atoms with Gasteiger partial charge in [0, 0.05) is 50.9 Å². The third kappa shape index (κ3) is 5.25. The molecule has 1 aromatic carbocycles. The van der Waals surface area contributed by atoms with Crippen LogP contribution < -0.4 is 15.1 Å². The number of carbonyl (C=O) groups is 2. The Kier molecular flexibility index (Phi) is 6.64. The fourth-order valence-corrected chi connectivity index (χ4v) is 2.91. The molecule has 1 heterocycles. The van der Waals surface area contributed by atoms with Crippen LogP contribution in [0.15, 0.2) is 24.3 Å². The van der Waals surface area contributed by atoms with E-state index in [0.717, 1.165) is 18.8 Å². The summed E-state index contributed by atoms with van der Waals surface area (Å²) in [6, 6.07) is 8.08. The van der Waals surface area contributed by atoms with Crippen LogP contribution >= 0.6 is 0 Å².